The molecule has 0 bridgehead atoms. The molecule has 28 heavy (non-hydrogen) atoms. The Morgan fingerprint density at radius 3 is 2.86 bits per heavy atom. The maximum absolute atomic E-state index is 12.7. The lowest BCUT2D eigenvalue weighted by molar-refractivity contribution is -0.125. The molecule has 2 heterocycles. The summed E-state index contributed by atoms with van der Waals surface area (Å²) < 4.78 is 5.64. The molecule has 0 spiro atoms. The predicted octanol–water partition coefficient (Wildman–Crippen LogP) is 3.10. The lowest BCUT2D eigenvalue weighted by Gasteiger charge is -2.23. The van der Waals surface area contributed by atoms with E-state index in [0.29, 0.717) is 31.8 Å². The number of nitrogens with one attached hydrogen (secondary N) is 1. The number of amides is 2. The molecule has 1 N–H and O–H groups in total. The molecule has 1 atom stereocenters. The fraction of sp³-hybridized carbons (Fsp3) is 0.409. The van der Waals surface area contributed by atoms with Crippen LogP contribution in [0.25, 0.3) is 0 Å². The summed E-state index contributed by atoms with van der Waals surface area (Å²) in [4.78, 5) is 31.2. The summed E-state index contributed by atoms with van der Waals surface area (Å²) in [6, 6.07) is 10.7. The molecular formula is C22H27N3O3. The van der Waals surface area contributed by atoms with Crippen molar-refractivity contribution in [2.45, 2.75) is 45.7 Å². The second kappa shape index (κ2) is 9.35. The molecule has 1 aliphatic rings. The van der Waals surface area contributed by atoms with Gasteiger partial charge in [0.2, 0.25) is 5.91 Å². The summed E-state index contributed by atoms with van der Waals surface area (Å²) in [5, 5.41) is 2.99. The molecule has 1 aromatic heterocycles. The average Bonchev–Trinajstić information content (AvgIpc) is 3.21. The molecule has 2 aromatic rings. The summed E-state index contributed by atoms with van der Waals surface area (Å²) in [5.74, 6) is 0.539. The molecule has 1 aromatic carbocycles. The Balaban J connectivity index is 1.60. The third kappa shape index (κ3) is 4.68. The average molecular weight is 381 g/mol. The van der Waals surface area contributed by atoms with Crippen molar-refractivity contribution in [2.75, 3.05) is 13.2 Å². The van der Waals surface area contributed by atoms with Crippen LogP contribution < -0.4 is 10.1 Å². The van der Waals surface area contributed by atoms with E-state index in [0.717, 1.165) is 29.7 Å². The van der Waals surface area contributed by atoms with Crippen LogP contribution in [0, 0.1) is 6.92 Å². The third-order valence-electron chi connectivity index (χ3n) is 4.94. The summed E-state index contributed by atoms with van der Waals surface area (Å²) >= 11 is 0. The Bertz CT molecular complexity index is 823. The minimum atomic E-state index is -0.443. The molecule has 1 saturated heterocycles. The van der Waals surface area contributed by atoms with Crippen molar-refractivity contribution >= 4 is 11.8 Å². The van der Waals surface area contributed by atoms with Crippen molar-refractivity contribution in [3.63, 3.8) is 0 Å². The molecule has 0 unspecified atom stereocenters. The molecule has 1 fully saturated rings. The zero-order valence-electron chi connectivity index (χ0n) is 16.5. The van der Waals surface area contributed by atoms with Gasteiger partial charge in [-0.25, -0.2) is 0 Å². The first-order chi connectivity index (χ1) is 13.6. The van der Waals surface area contributed by atoms with Gasteiger partial charge in [-0.15, -0.1) is 0 Å². The standard InChI is InChI=1S/C22H27N3O3/c1-3-13-28-18-10-9-17(16(2)14-18)15-24-21(26)20-8-6-12-25(20)22(27)19-7-4-5-11-23-19/h4-5,7,9-11,14,20H,3,6,8,12-13,15H2,1-2H3,(H,24,26)/t20-/m0/s1. The highest BCUT2D eigenvalue weighted by Gasteiger charge is 2.34. The highest BCUT2D eigenvalue weighted by Crippen LogP contribution is 2.21. The highest BCUT2D eigenvalue weighted by molar-refractivity contribution is 5.96. The van der Waals surface area contributed by atoms with Gasteiger partial charge < -0.3 is 15.0 Å². The van der Waals surface area contributed by atoms with Gasteiger partial charge in [0.25, 0.3) is 5.91 Å². The Hall–Kier alpha value is -2.89. The van der Waals surface area contributed by atoms with Gasteiger partial charge in [-0.2, -0.15) is 0 Å². The van der Waals surface area contributed by atoms with Gasteiger partial charge in [-0.3, -0.25) is 14.6 Å². The van der Waals surface area contributed by atoms with Crippen LogP contribution in [0.3, 0.4) is 0 Å². The number of ether oxygens (including phenoxy) is 1. The topological polar surface area (TPSA) is 71.5 Å². The first kappa shape index (κ1) is 19.9. The number of benzene rings is 1. The van der Waals surface area contributed by atoms with Crippen molar-refractivity contribution < 1.29 is 14.3 Å². The number of aryl methyl sites for hydroxylation is 1. The number of aromatic nitrogens is 1. The number of carbonyl (C=O) groups excluding carboxylic acids is 2. The number of pyridine rings is 1. The SMILES string of the molecule is CCCOc1ccc(CNC(=O)[C@@H]2CCCN2C(=O)c2ccccn2)c(C)c1. The molecular weight excluding hydrogens is 354 g/mol. The van der Waals surface area contributed by atoms with Crippen LogP contribution in [0.15, 0.2) is 42.6 Å². The van der Waals surface area contributed by atoms with E-state index in [1.54, 1.807) is 29.3 Å². The molecule has 0 saturated carbocycles. The van der Waals surface area contributed by atoms with Crippen LogP contribution in [-0.2, 0) is 11.3 Å². The van der Waals surface area contributed by atoms with Gasteiger partial charge >= 0.3 is 0 Å². The van der Waals surface area contributed by atoms with E-state index in [-0.39, 0.29) is 11.8 Å². The fourth-order valence-corrected chi connectivity index (χ4v) is 3.40. The number of likely N-dealkylation sites (tertiary alicyclic amines) is 1. The van der Waals surface area contributed by atoms with Crippen LogP contribution in [0.4, 0.5) is 0 Å². The molecule has 3 rings (SSSR count). The maximum Gasteiger partial charge on any atom is 0.273 e. The van der Waals surface area contributed by atoms with Crippen LogP contribution in [0.1, 0.15) is 47.8 Å². The van der Waals surface area contributed by atoms with Crippen molar-refractivity contribution in [1.29, 1.82) is 0 Å². The zero-order valence-corrected chi connectivity index (χ0v) is 16.5. The second-order valence-corrected chi connectivity index (χ2v) is 7.03. The molecule has 0 aliphatic carbocycles. The first-order valence-corrected chi connectivity index (χ1v) is 9.82. The number of nitrogens with zero attached hydrogens (tertiary/aromatic N) is 2. The van der Waals surface area contributed by atoms with E-state index in [2.05, 4.69) is 17.2 Å². The number of hydrogen-bond acceptors (Lipinski definition) is 4. The summed E-state index contributed by atoms with van der Waals surface area (Å²) in [7, 11) is 0. The van der Waals surface area contributed by atoms with E-state index < -0.39 is 6.04 Å². The van der Waals surface area contributed by atoms with Crippen molar-refractivity contribution in [3.8, 4) is 5.75 Å². The van der Waals surface area contributed by atoms with Crippen LogP contribution in [-0.4, -0.2) is 40.9 Å². The van der Waals surface area contributed by atoms with Crippen LogP contribution in [0.5, 0.6) is 5.75 Å². The summed E-state index contributed by atoms with van der Waals surface area (Å²) in [5.41, 5.74) is 2.49. The summed E-state index contributed by atoms with van der Waals surface area (Å²) in [6.45, 7) is 5.78. The van der Waals surface area contributed by atoms with Gasteiger partial charge in [0, 0.05) is 19.3 Å². The smallest absolute Gasteiger partial charge is 0.273 e. The largest absolute Gasteiger partial charge is 0.494 e. The van der Waals surface area contributed by atoms with E-state index in [9.17, 15) is 9.59 Å². The minimum Gasteiger partial charge on any atom is -0.494 e. The van der Waals surface area contributed by atoms with Crippen molar-refractivity contribution in [2.24, 2.45) is 0 Å². The van der Waals surface area contributed by atoms with E-state index >= 15 is 0 Å². The Morgan fingerprint density at radius 1 is 1.29 bits per heavy atom. The lowest BCUT2D eigenvalue weighted by Crippen LogP contribution is -2.46. The Kier molecular flexibility index (Phi) is 6.63. The van der Waals surface area contributed by atoms with Gasteiger partial charge in [0.05, 0.1) is 6.61 Å². The van der Waals surface area contributed by atoms with Gasteiger partial charge in [-0.05, 0) is 61.6 Å². The van der Waals surface area contributed by atoms with Gasteiger partial charge in [0.1, 0.15) is 17.5 Å². The molecule has 2 amide bonds. The maximum atomic E-state index is 12.7. The molecule has 0 radical (unpaired) electrons. The molecule has 1 aliphatic heterocycles. The first-order valence-electron chi connectivity index (χ1n) is 9.82. The number of hydrogen-bond donors (Lipinski definition) is 1. The summed E-state index contributed by atoms with van der Waals surface area (Å²) in [6.07, 6.45) is 4.05. The quantitative estimate of drug-likeness (QED) is 0.800. The Morgan fingerprint density at radius 2 is 2.14 bits per heavy atom. The van der Waals surface area contributed by atoms with E-state index in [4.69, 9.17) is 4.74 Å². The third-order valence-corrected chi connectivity index (χ3v) is 4.94. The van der Waals surface area contributed by atoms with Crippen molar-refractivity contribution in [3.05, 3.63) is 59.4 Å². The van der Waals surface area contributed by atoms with E-state index in [1.165, 1.54) is 0 Å². The zero-order chi connectivity index (χ0) is 19.9. The second-order valence-electron chi connectivity index (χ2n) is 7.03. The van der Waals surface area contributed by atoms with E-state index in [1.807, 2.05) is 25.1 Å². The highest BCUT2D eigenvalue weighted by atomic mass is 16.5. The van der Waals surface area contributed by atoms with Crippen molar-refractivity contribution in [1.82, 2.24) is 15.2 Å². The van der Waals surface area contributed by atoms with Crippen LogP contribution in [0.2, 0.25) is 0 Å². The Labute approximate surface area is 165 Å². The normalized spacial score (nSPS) is 16.1. The predicted molar refractivity (Wildman–Crippen MR) is 107 cm³/mol. The molecule has 6 nitrogen and oxygen atoms in total. The van der Waals surface area contributed by atoms with Gasteiger partial charge in [-0.1, -0.05) is 19.1 Å². The minimum absolute atomic E-state index is 0.118. The van der Waals surface area contributed by atoms with Crippen LogP contribution >= 0.6 is 0 Å². The fourth-order valence-electron chi connectivity index (χ4n) is 3.40. The van der Waals surface area contributed by atoms with Gasteiger partial charge in [0.15, 0.2) is 0 Å². The lowest BCUT2D eigenvalue weighted by atomic mass is 10.1. The molecule has 148 valence electrons. The molecule has 6 heteroatoms. The monoisotopic (exact) mass is 381 g/mol. The number of carbonyl (C=O) groups is 2. The number of rotatable bonds is 7.